The summed E-state index contributed by atoms with van der Waals surface area (Å²) in [7, 11) is 0. The van der Waals surface area contributed by atoms with Crippen LogP contribution >= 0.6 is 24.0 Å². The van der Waals surface area contributed by atoms with Gasteiger partial charge >= 0.3 is 0 Å². The van der Waals surface area contributed by atoms with Crippen LogP contribution in [0.5, 0.6) is 0 Å². The number of hydrogen-bond acceptors (Lipinski definition) is 3. The SMILES string of the molecule is CC(N)CC(=O)NC1CCN(C(C)C)C1c1ccc(Cl)c(F)c1.Cl. The van der Waals surface area contributed by atoms with Crippen molar-refractivity contribution in [2.75, 3.05) is 6.54 Å². The van der Waals surface area contributed by atoms with Crippen molar-refractivity contribution in [3.05, 3.63) is 34.6 Å². The Morgan fingerprint density at radius 2 is 2.12 bits per heavy atom. The summed E-state index contributed by atoms with van der Waals surface area (Å²) in [5.41, 5.74) is 6.53. The Balaban J connectivity index is 0.00000288. The van der Waals surface area contributed by atoms with Gasteiger partial charge in [-0.05, 0) is 44.9 Å². The van der Waals surface area contributed by atoms with Crippen LogP contribution in [0, 0.1) is 5.82 Å². The Morgan fingerprint density at radius 3 is 2.67 bits per heavy atom. The molecule has 3 atom stereocenters. The predicted octanol–water partition coefficient (Wildman–Crippen LogP) is 3.28. The average Bonchev–Trinajstić information content (AvgIpc) is 2.84. The number of nitrogens with zero attached hydrogens (tertiary/aromatic N) is 1. The lowest BCUT2D eigenvalue weighted by Crippen LogP contribution is -2.42. The highest BCUT2D eigenvalue weighted by Gasteiger charge is 2.37. The summed E-state index contributed by atoms with van der Waals surface area (Å²) >= 11 is 5.79. The normalized spacial score (nSPS) is 22.3. The van der Waals surface area contributed by atoms with Gasteiger partial charge in [-0.15, -0.1) is 12.4 Å². The second-order valence-electron chi connectivity index (χ2n) is 6.59. The lowest BCUT2D eigenvalue weighted by Gasteiger charge is -2.32. The molecule has 1 aromatic rings. The van der Waals surface area contributed by atoms with Crippen molar-refractivity contribution in [2.24, 2.45) is 5.73 Å². The fraction of sp³-hybridized carbons (Fsp3) is 0.588. The Bertz CT molecular complexity index is 569. The second kappa shape index (κ2) is 8.99. The number of carbonyl (C=O) groups excluding carboxylic acids is 1. The third kappa shape index (κ3) is 5.06. The zero-order chi connectivity index (χ0) is 17.1. The molecule has 0 aromatic heterocycles. The van der Waals surface area contributed by atoms with Crippen LogP contribution in [0.25, 0.3) is 0 Å². The van der Waals surface area contributed by atoms with Gasteiger partial charge in [0.1, 0.15) is 5.82 Å². The molecule has 4 nitrogen and oxygen atoms in total. The molecule has 1 aliphatic rings. The van der Waals surface area contributed by atoms with Gasteiger partial charge in [0.15, 0.2) is 0 Å². The number of carbonyl (C=O) groups is 1. The topological polar surface area (TPSA) is 58.4 Å². The monoisotopic (exact) mass is 377 g/mol. The first-order valence-electron chi connectivity index (χ1n) is 8.05. The fourth-order valence-electron chi connectivity index (χ4n) is 3.23. The van der Waals surface area contributed by atoms with Crippen LogP contribution in [-0.2, 0) is 4.79 Å². The molecule has 1 aliphatic heterocycles. The number of rotatable bonds is 5. The molecule has 1 amide bonds. The van der Waals surface area contributed by atoms with Crippen LogP contribution in [-0.4, -0.2) is 35.5 Å². The predicted molar refractivity (Wildman–Crippen MR) is 98.1 cm³/mol. The van der Waals surface area contributed by atoms with E-state index in [0.29, 0.717) is 12.5 Å². The molecule has 136 valence electrons. The summed E-state index contributed by atoms with van der Waals surface area (Å²) in [6.45, 7) is 6.87. The summed E-state index contributed by atoms with van der Waals surface area (Å²) in [6.07, 6.45) is 1.12. The summed E-state index contributed by atoms with van der Waals surface area (Å²) in [4.78, 5) is 14.4. The number of benzene rings is 1. The van der Waals surface area contributed by atoms with Gasteiger partial charge < -0.3 is 11.1 Å². The molecular formula is C17H26Cl2FN3O. The molecule has 24 heavy (non-hydrogen) atoms. The van der Waals surface area contributed by atoms with E-state index >= 15 is 0 Å². The molecule has 1 aromatic carbocycles. The maximum atomic E-state index is 13.9. The summed E-state index contributed by atoms with van der Waals surface area (Å²) in [5.74, 6) is -0.490. The van der Waals surface area contributed by atoms with Crippen molar-refractivity contribution >= 4 is 29.9 Å². The average molecular weight is 378 g/mol. The van der Waals surface area contributed by atoms with Gasteiger partial charge in [-0.1, -0.05) is 17.7 Å². The van der Waals surface area contributed by atoms with Crippen LogP contribution in [0.2, 0.25) is 5.02 Å². The molecule has 0 aliphatic carbocycles. The second-order valence-corrected chi connectivity index (χ2v) is 7.00. The Labute approximate surface area is 154 Å². The fourth-order valence-corrected chi connectivity index (χ4v) is 3.34. The third-order valence-electron chi connectivity index (χ3n) is 4.24. The largest absolute Gasteiger partial charge is 0.351 e. The first-order chi connectivity index (χ1) is 10.8. The first kappa shape index (κ1) is 21.2. The lowest BCUT2D eigenvalue weighted by molar-refractivity contribution is -0.122. The number of amides is 1. The van der Waals surface area contributed by atoms with Crippen molar-refractivity contribution in [2.45, 2.75) is 57.8 Å². The molecule has 0 bridgehead atoms. The molecular weight excluding hydrogens is 352 g/mol. The summed E-state index contributed by atoms with van der Waals surface area (Å²) < 4.78 is 13.9. The highest BCUT2D eigenvalue weighted by molar-refractivity contribution is 6.30. The molecule has 0 radical (unpaired) electrons. The maximum Gasteiger partial charge on any atom is 0.221 e. The molecule has 0 spiro atoms. The van der Waals surface area contributed by atoms with Crippen LogP contribution in [0.1, 0.15) is 45.2 Å². The molecule has 3 N–H and O–H groups in total. The maximum absolute atomic E-state index is 13.9. The summed E-state index contributed by atoms with van der Waals surface area (Å²) in [5, 5.41) is 3.17. The Kier molecular flexibility index (Phi) is 7.93. The van der Waals surface area contributed by atoms with Gasteiger partial charge in [0.25, 0.3) is 0 Å². The van der Waals surface area contributed by atoms with E-state index in [1.165, 1.54) is 6.07 Å². The highest BCUT2D eigenvalue weighted by atomic mass is 35.5. The van der Waals surface area contributed by atoms with Gasteiger partial charge in [0.05, 0.1) is 11.1 Å². The minimum atomic E-state index is -0.430. The van der Waals surface area contributed by atoms with Gasteiger partial charge in [-0.25, -0.2) is 4.39 Å². The van der Waals surface area contributed by atoms with Gasteiger partial charge in [0, 0.05) is 31.1 Å². The van der Waals surface area contributed by atoms with Crippen LogP contribution in [0.4, 0.5) is 4.39 Å². The van der Waals surface area contributed by atoms with E-state index in [1.807, 2.05) is 6.07 Å². The van der Waals surface area contributed by atoms with Gasteiger partial charge in [-0.2, -0.15) is 0 Å². The minimum absolute atomic E-state index is 0. The zero-order valence-electron chi connectivity index (χ0n) is 14.3. The Hall–Kier alpha value is -0.880. The van der Waals surface area contributed by atoms with Crippen molar-refractivity contribution in [3.63, 3.8) is 0 Å². The van der Waals surface area contributed by atoms with Gasteiger partial charge in [-0.3, -0.25) is 9.69 Å². The van der Waals surface area contributed by atoms with Crippen molar-refractivity contribution < 1.29 is 9.18 Å². The van der Waals surface area contributed by atoms with Crippen molar-refractivity contribution in [1.82, 2.24) is 10.2 Å². The molecule has 1 saturated heterocycles. The highest BCUT2D eigenvalue weighted by Crippen LogP contribution is 2.35. The molecule has 1 heterocycles. The first-order valence-corrected chi connectivity index (χ1v) is 8.43. The van der Waals surface area contributed by atoms with E-state index in [0.717, 1.165) is 18.5 Å². The van der Waals surface area contributed by atoms with Crippen LogP contribution < -0.4 is 11.1 Å². The van der Waals surface area contributed by atoms with Crippen molar-refractivity contribution in [1.29, 1.82) is 0 Å². The molecule has 1 fully saturated rings. The smallest absolute Gasteiger partial charge is 0.221 e. The van der Waals surface area contributed by atoms with E-state index in [-0.39, 0.29) is 41.5 Å². The van der Waals surface area contributed by atoms with Gasteiger partial charge in [0.2, 0.25) is 5.91 Å². The quantitative estimate of drug-likeness (QED) is 0.827. The lowest BCUT2D eigenvalue weighted by atomic mass is 9.99. The van der Waals surface area contributed by atoms with E-state index < -0.39 is 5.82 Å². The number of halogens is 3. The van der Waals surface area contributed by atoms with Crippen LogP contribution in [0.15, 0.2) is 18.2 Å². The van der Waals surface area contributed by atoms with E-state index in [4.69, 9.17) is 17.3 Å². The van der Waals surface area contributed by atoms with Crippen molar-refractivity contribution in [3.8, 4) is 0 Å². The van der Waals surface area contributed by atoms with E-state index in [9.17, 15) is 9.18 Å². The minimum Gasteiger partial charge on any atom is -0.351 e. The number of nitrogens with two attached hydrogens (primary N) is 1. The molecule has 3 unspecified atom stereocenters. The summed E-state index contributed by atoms with van der Waals surface area (Å²) in [6, 6.07) is 4.89. The Morgan fingerprint density at radius 1 is 1.46 bits per heavy atom. The molecule has 7 heteroatoms. The third-order valence-corrected chi connectivity index (χ3v) is 4.55. The zero-order valence-corrected chi connectivity index (χ0v) is 15.8. The van der Waals surface area contributed by atoms with Crippen LogP contribution in [0.3, 0.4) is 0 Å². The standard InChI is InChI=1S/C17H25ClFN3O.ClH/c1-10(2)22-7-6-15(21-16(23)8-11(3)20)17(22)12-4-5-13(18)14(19)9-12;/h4-5,9-11,15,17H,6-8,20H2,1-3H3,(H,21,23);1H. The molecule has 0 saturated carbocycles. The van der Waals surface area contributed by atoms with E-state index in [1.54, 1.807) is 13.0 Å². The molecule has 2 rings (SSSR count). The number of likely N-dealkylation sites (tertiary alicyclic amines) is 1. The van der Waals surface area contributed by atoms with E-state index in [2.05, 4.69) is 24.1 Å². The number of nitrogens with one attached hydrogen (secondary N) is 1. The number of hydrogen-bond donors (Lipinski definition) is 2.